The second-order valence-electron chi connectivity index (χ2n) is 4.95. The van der Waals surface area contributed by atoms with Gasteiger partial charge < -0.3 is 10.2 Å². The fraction of sp³-hybridized carbons (Fsp3) is 0.250. The molecule has 1 unspecified atom stereocenters. The molecular formula is C16H16F2N2. The smallest absolute Gasteiger partial charge is 0.125 e. The third kappa shape index (κ3) is 2.65. The standard InChI is InChI=1S/C16H16F2N2/c17-13-4-1-3-12(9-13)16-11-19-7-8-20(16)15-6-2-5-14(18)10-15/h1-6,9-10,16,19H,7-8,11H2. The number of nitrogens with one attached hydrogen (secondary N) is 1. The van der Waals surface area contributed by atoms with Crippen LogP contribution in [-0.2, 0) is 0 Å². The minimum Gasteiger partial charge on any atom is -0.362 e. The number of hydrogen-bond acceptors (Lipinski definition) is 2. The van der Waals surface area contributed by atoms with Crippen LogP contribution in [-0.4, -0.2) is 19.6 Å². The van der Waals surface area contributed by atoms with E-state index in [-0.39, 0.29) is 17.7 Å². The molecule has 0 saturated carbocycles. The molecular weight excluding hydrogens is 258 g/mol. The highest BCUT2D eigenvalue weighted by molar-refractivity contribution is 5.50. The van der Waals surface area contributed by atoms with E-state index in [1.165, 1.54) is 18.2 Å². The first-order chi connectivity index (χ1) is 9.74. The SMILES string of the molecule is Fc1cccc(C2CNCCN2c2cccc(F)c2)c1. The number of piperazine rings is 1. The van der Waals surface area contributed by atoms with Crippen molar-refractivity contribution in [3.8, 4) is 0 Å². The molecule has 0 bridgehead atoms. The van der Waals surface area contributed by atoms with Crippen molar-refractivity contribution in [2.75, 3.05) is 24.5 Å². The highest BCUT2D eigenvalue weighted by atomic mass is 19.1. The van der Waals surface area contributed by atoms with Crippen LogP contribution in [0.1, 0.15) is 11.6 Å². The van der Waals surface area contributed by atoms with Gasteiger partial charge in [0.25, 0.3) is 0 Å². The topological polar surface area (TPSA) is 15.3 Å². The number of halogens is 2. The van der Waals surface area contributed by atoms with Crippen molar-refractivity contribution in [3.63, 3.8) is 0 Å². The Morgan fingerprint density at radius 3 is 2.50 bits per heavy atom. The largest absolute Gasteiger partial charge is 0.362 e. The summed E-state index contributed by atoms with van der Waals surface area (Å²) in [5.41, 5.74) is 1.74. The fourth-order valence-electron chi connectivity index (χ4n) is 2.68. The molecule has 1 atom stereocenters. The minimum absolute atomic E-state index is 0.0150. The van der Waals surface area contributed by atoms with Crippen LogP contribution in [0.25, 0.3) is 0 Å². The number of benzene rings is 2. The average molecular weight is 274 g/mol. The molecule has 0 aliphatic carbocycles. The van der Waals surface area contributed by atoms with Gasteiger partial charge in [0.15, 0.2) is 0 Å². The molecule has 1 aliphatic heterocycles. The first kappa shape index (κ1) is 13.1. The molecule has 1 fully saturated rings. The van der Waals surface area contributed by atoms with Crippen LogP contribution in [0.15, 0.2) is 48.5 Å². The van der Waals surface area contributed by atoms with E-state index in [0.717, 1.165) is 30.9 Å². The molecule has 2 nitrogen and oxygen atoms in total. The van der Waals surface area contributed by atoms with Gasteiger partial charge in [-0.2, -0.15) is 0 Å². The molecule has 0 amide bonds. The minimum atomic E-state index is -0.251. The average Bonchev–Trinajstić information content (AvgIpc) is 2.47. The van der Waals surface area contributed by atoms with Gasteiger partial charge in [-0.05, 0) is 35.9 Å². The Morgan fingerprint density at radius 2 is 1.75 bits per heavy atom. The van der Waals surface area contributed by atoms with Gasteiger partial charge >= 0.3 is 0 Å². The van der Waals surface area contributed by atoms with Gasteiger partial charge in [-0.3, -0.25) is 0 Å². The number of hydrogen-bond donors (Lipinski definition) is 1. The molecule has 4 heteroatoms. The van der Waals surface area contributed by atoms with E-state index in [1.807, 2.05) is 12.1 Å². The highest BCUT2D eigenvalue weighted by Crippen LogP contribution is 2.29. The third-order valence-electron chi connectivity index (χ3n) is 3.62. The molecule has 1 N–H and O–H groups in total. The fourth-order valence-corrected chi connectivity index (χ4v) is 2.68. The normalized spacial score (nSPS) is 19.1. The number of anilines is 1. The third-order valence-corrected chi connectivity index (χ3v) is 3.62. The summed E-state index contributed by atoms with van der Waals surface area (Å²) in [4.78, 5) is 2.12. The van der Waals surface area contributed by atoms with Gasteiger partial charge in [-0.15, -0.1) is 0 Å². The molecule has 20 heavy (non-hydrogen) atoms. The molecule has 1 saturated heterocycles. The number of rotatable bonds is 2. The summed E-state index contributed by atoms with van der Waals surface area (Å²) in [6.07, 6.45) is 0. The first-order valence-corrected chi connectivity index (χ1v) is 6.72. The Morgan fingerprint density at radius 1 is 1.00 bits per heavy atom. The Labute approximate surface area is 117 Å². The van der Waals surface area contributed by atoms with Crippen LogP contribution >= 0.6 is 0 Å². The predicted molar refractivity (Wildman–Crippen MR) is 75.8 cm³/mol. The second-order valence-corrected chi connectivity index (χ2v) is 4.95. The van der Waals surface area contributed by atoms with Crippen LogP contribution in [0, 0.1) is 11.6 Å². The van der Waals surface area contributed by atoms with Crippen molar-refractivity contribution in [2.24, 2.45) is 0 Å². The first-order valence-electron chi connectivity index (χ1n) is 6.72. The maximum Gasteiger partial charge on any atom is 0.125 e. The van der Waals surface area contributed by atoms with Crippen LogP contribution in [0.4, 0.5) is 14.5 Å². The molecule has 3 rings (SSSR count). The lowest BCUT2D eigenvalue weighted by Gasteiger charge is -2.38. The van der Waals surface area contributed by atoms with Crippen molar-refractivity contribution in [3.05, 3.63) is 65.7 Å². The summed E-state index contributed by atoms with van der Waals surface area (Å²) in [7, 11) is 0. The summed E-state index contributed by atoms with van der Waals surface area (Å²) in [5.74, 6) is -0.494. The van der Waals surface area contributed by atoms with Gasteiger partial charge in [0.2, 0.25) is 0 Å². The zero-order valence-electron chi connectivity index (χ0n) is 11.0. The summed E-state index contributed by atoms with van der Waals surface area (Å²) in [5, 5.41) is 3.31. The van der Waals surface area contributed by atoms with Crippen molar-refractivity contribution in [1.82, 2.24) is 5.32 Å². The molecule has 1 aliphatic rings. The Balaban J connectivity index is 1.95. The molecule has 2 aromatic rings. The lowest BCUT2D eigenvalue weighted by Crippen LogP contribution is -2.46. The van der Waals surface area contributed by atoms with Crippen LogP contribution in [0.5, 0.6) is 0 Å². The van der Waals surface area contributed by atoms with Crippen LogP contribution in [0.3, 0.4) is 0 Å². The molecule has 0 radical (unpaired) electrons. The van der Waals surface area contributed by atoms with E-state index in [2.05, 4.69) is 10.2 Å². The van der Waals surface area contributed by atoms with E-state index in [9.17, 15) is 8.78 Å². The Kier molecular flexibility index (Phi) is 3.65. The number of nitrogens with zero attached hydrogens (tertiary/aromatic N) is 1. The summed E-state index contributed by atoms with van der Waals surface area (Å²) >= 11 is 0. The van der Waals surface area contributed by atoms with Crippen molar-refractivity contribution in [2.45, 2.75) is 6.04 Å². The van der Waals surface area contributed by atoms with E-state index in [0.29, 0.717) is 0 Å². The molecule has 104 valence electrons. The van der Waals surface area contributed by atoms with Gasteiger partial charge in [0.1, 0.15) is 11.6 Å². The summed E-state index contributed by atoms with van der Waals surface area (Å²) < 4.78 is 26.8. The zero-order valence-corrected chi connectivity index (χ0v) is 11.0. The monoisotopic (exact) mass is 274 g/mol. The van der Waals surface area contributed by atoms with E-state index >= 15 is 0 Å². The Hall–Kier alpha value is -1.94. The van der Waals surface area contributed by atoms with Crippen molar-refractivity contribution >= 4 is 5.69 Å². The van der Waals surface area contributed by atoms with Gasteiger partial charge in [0, 0.05) is 25.3 Å². The van der Waals surface area contributed by atoms with E-state index in [4.69, 9.17) is 0 Å². The van der Waals surface area contributed by atoms with Crippen LogP contribution in [0.2, 0.25) is 0 Å². The zero-order chi connectivity index (χ0) is 13.9. The van der Waals surface area contributed by atoms with E-state index in [1.54, 1.807) is 18.2 Å². The van der Waals surface area contributed by atoms with Gasteiger partial charge in [0.05, 0.1) is 6.04 Å². The summed E-state index contributed by atoms with van der Waals surface area (Å²) in [6.45, 7) is 2.33. The quantitative estimate of drug-likeness (QED) is 0.905. The molecule has 2 aromatic carbocycles. The lowest BCUT2D eigenvalue weighted by atomic mass is 10.0. The predicted octanol–water partition coefficient (Wildman–Crippen LogP) is 3.12. The molecule has 0 aromatic heterocycles. The molecule has 1 heterocycles. The van der Waals surface area contributed by atoms with Crippen LogP contribution < -0.4 is 10.2 Å². The van der Waals surface area contributed by atoms with Crippen molar-refractivity contribution in [1.29, 1.82) is 0 Å². The van der Waals surface area contributed by atoms with Gasteiger partial charge in [-0.1, -0.05) is 18.2 Å². The van der Waals surface area contributed by atoms with E-state index < -0.39 is 0 Å². The lowest BCUT2D eigenvalue weighted by molar-refractivity contribution is 0.486. The van der Waals surface area contributed by atoms with Crippen molar-refractivity contribution < 1.29 is 8.78 Å². The maximum atomic E-state index is 13.4. The summed E-state index contributed by atoms with van der Waals surface area (Å²) in [6, 6.07) is 13.2. The van der Waals surface area contributed by atoms with Gasteiger partial charge in [-0.25, -0.2) is 8.78 Å². The Bertz CT molecular complexity index is 547. The second kappa shape index (κ2) is 5.59. The molecule has 0 spiro atoms. The highest BCUT2D eigenvalue weighted by Gasteiger charge is 2.24. The maximum absolute atomic E-state index is 13.4.